The Labute approximate surface area is 112 Å². The summed E-state index contributed by atoms with van der Waals surface area (Å²) in [5.41, 5.74) is -0.0652. The first-order chi connectivity index (χ1) is 8.65. The first-order valence-corrected chi connectivity index (χ1v) is 7.36. The van der Waals surface area contributed by atoms with Crippen LogP contribution in [0.3, 0.4) is 0 Å². The molecule has 6 heteroatoms. The van der Waals surface area contributed by atoms with Crippen molar-refractivity contribution in [3.63, 3.8) is 0 Å². The minimum Gasteiger partial charge on any atom is -0.373 e. The van der Waals surface area contributed by atoms with E-state index in [1.807, 2.05) is 19.4 Å². The Kier molecular flexibility index (Phi) is 4.29. The first-order valence-electron chi connectivity index (χ1n) is 6.14. The monoisotopic (exact) mass is 268 g/mol. The zero-order valence-electron chi connectivity index (χ0n) is 11.1. The third-order valence-electron chi connectivity index (χ3n) is 3.09. The van der Waals surface area contributed by atoms with Crippen molar-refractivity contribution in [3.05, 3.63) is 6.07 Å². The van der Waals surface area contributed by atoms with Gasteiger partial charge in [0.1, 0.15) is 11.6 Å². The number of nitrogens with one attached hydrogen (secondary N) is 2. The van der Waals surface area contributed by atoms with E-state index in [1.54, 1.807) is 0 Å². The summed E-state index contributed by atoms with van der Waals surface area (Å²) < 4.78 is 5.75. The lowest BCUT2D eigenvalue weighted by molar-refractivity contribution is 0.0314. The van der Waals surface area contributed by atoms with Crippen LogP contribution < -0.4 is 10.6 Å². The summed E-state index contributed by atoms with van der Waals surface area (Å²) in [5, 5.41) is 7.16. The van der Waals surface area contributed by atoms with Gasteiger partial charge in [0.25, 0.3) is 0 Å². The molecular formula is C12H20N4OS. The van der Waals surface area contributed by atoms with E-state index < -0.39 is 0 Å². The number of thioether (sulfide) groups is 1. The highest BCUT2D eigenvalue weighted by Gasteiger charge is 2.29. The van der Waals surface area contributed by atoms with Crippen LogP contribution in [0.1, 0.15) is 19.8 Å². The maximum absolute atomic E-state index is 5.75. The fourth-order valence-corrected chi connectivity index (χ4v) is 2.37. The maximum Gasteiger partial charge on any atom is 0.191 e. The van der Waals surface area contributed by atoms with Gasteiger partial charge < -0.3 is 15.4 Å². The van der Waals surface area contributed by atoms with Gasteiger partial charge in [-0.1, -0.05) is 11.8 Å². The Hall–Kier alpha value is -1.01. The molecule has 1 atom stereocenters. The molecule has 2 heterocycles. The first kappa shape index (κ1) is 13.4. The summed E-state index contributed by atoms with van der Waals surface area (Å²) in [6.07, 6.45) is 4.21. The number of aromatic nitrogens is 2. The van der Waals surface area contributed by atoms with Gasteiger partial charge in [0.2, 0.25) is 0 Å². The van der Waals surface area contributed by atoms with E-state index in [1.165, 1.54) is 11.8 Å². The summed E-state index contributed by atoms with van der Waals surface area (Å²) in [6.45, 7) is 3.78. The van der Waals surface area contributed by atoms with Crippen LogP contribution in [-0.2, 0) is 4.74 Å². The molecule has 0 bridgehead atoms. The average Bonchev–Trinajstić information content (AvgIpc) is 2.83. The van der Waals surface area contributed by atoms with Crippen LogP contribution in [0.5, 0.6) is 0 Å². The van der Waals surface area contributed by atoms with E-state index in [-0.39, 0.29) is 5.60 Å². The molecule has 0 radical (unpaired) electrons. The molecule has 100 valence electrons. The van der Waals surface area contributed by atoms with Gasteiger partial charge >= 0.3 is 0 Å². The van der Waals surface area contributed by atoms with E-state index in [0.717, 1.165) is 42.8 Å². The second-order valence-corrected chi connectivity index (χ2v) is 5.40. The van der Waals surface area contributed by atoms with E-state index in [4.69, 9.17) is 4.74 Å². The van der Waals surface area contributed by atoms with Crippen molar-refractivity contribution in [1.29, 1.82) is 0 Å². The second-order valence-electron chi connectivity index (χ2n) is 4.63. The van der Waals surface area contributed by atoms with Gasteiger partial charge in [0.05, 0.1) is 5.60 Å². The summed E-state index contributed by atoms with van der Waals surface area (Å²) in [4.78, 5) is 8.77. The van der Waals surface area contributed by atoms with Gasteiger partial charge in [-0.25, -0.2) is 9.97 Å². The van der Waals surface area contributed by atoms with Gasteiger partial charge in [-0.3, -0.25) is 0 Å². The van der Waals surface area contributed by atoms with Crippen LogP contribution in [0.4, 0.5) is 11.6 Å². The zero-order valence-corrected chi connectivity index (χ0v) is 11.9. The number of anilines is 2. The molecule has 18 heavy (non-hydrogen) atoms. The van der Waals surface area contributed by atoms with Crippen LogP contribution in [0.15, 0.2) is 11.2 Å². The number of rotatable bonds is 5. The molecule has 0 aromatic carbocycles. The number of hydrogen-bond acceptors (Lipinski definition) is 6. The Balaban J connectivity index is 2.04. The Morgan fingerprint density at radius 2 is 2.22 bits per heavy atom. The van der Waals surface area contributed by atoms with E-state index in [0.29, 0.717) is 0 Å². The van der Waals surface area contributed by atoms with Gasteiger partial charge in [-0.2, -0.15) is 0 Å². The van der Waals surface area contributed by atoms with Crippen molar-refractivity contribution < 1.29 is 4.74 Å². The van der Waals surface area contributed by atoms with Crippen molar-refractivity contribution in [3.8, 4) is 0 Å². The quantitative estimate of drug-likeness (QED) is 0.631. The van der Waals surface area contributed by atoms with Crippen molar-refractivity contribution in [1.82, 2.24) is 9.97 Å². The molecule has 2 rings (SSSR count). The molecule has 0 amide bonds. The van der Waals surface area contributed by atoms with Gasteiger partial charge in [0.15, 0.2) is 5.16 Å². The molecule has 5 nitrogen and oxygen atoms in total. The molecule has 1 aliphatic heterocycles. The SMILES string of the molecule is CNc1cc(NCC2(C)CCCO2)nc(SC)n1. The Morgan fingerprint density at radius 3 is 2.83 bits per heavy atom. The molecule has 0 spiro atoms. The third-order valence-corrected chi connectivity index (χ3v) is 3.64. The van der Waals surface area contributed by atoms with Crippen LogP contribution in [0.2, 0.25) is 0 Å². The van der Waals surface area contributed by atoms with Crippen LogP contribution in [-0.4, -0.2) is 42.0 Å². The van der Waals surface area contributed by atoms with Crippen molar-refractivity contribution in [2.45, 2.75) is 30.5 Å². The lowest BCUT2D eigenvalue weighted by atomic mass is 10.0. The lowest BCUT2D eigenvalue weighted by Gasteiger charge is -2.23. The molecule has 1 fully saturated rings. The minimum absolute atomic E-state index is 0.0652. The highest BCUT2D eigenvalue weighted by Crippen LogP contribution is 2.25. The Bertz CT molecular complexity index is 385. The average molecular weight is 268 g/mol. The summed E-state index contributed by atoms with van der Waals surface area (Å²) in [5.74, 6) is 1.67. The highest BCUT2D eigenvalue weighted by molar-refractivity contribution is 7.98. The predicted octanol–water partition coefficient (Wildman–Crippen LogP) is 2.22. The standard InChI is InChI=1S/C12H20N4OS/c1-12(5-4-6-17-12)8-14-10-7-9(13-2)15-11(16-10)18-3/h7H,4-6,8H2,1-3H3,(H2,13,14,15,16). The molecule has 2 N–H and O–H groups in total. The third kappa shape index (κ3) is 3.26. The molecule has 1 saturated heterocycles. The van der Waals surface area contributed by atoms with Crippen LogP contribution in [0, 0.1) is 0 Å². The highest BCUT2D eigenvalue weighted by atomic mass is 32.2. The fraction of sp³-hybridized carbons (Fsp3) is 0.667. The van der Waals surface area contributed by atoms with Crippen molar-refractivity contribution in [2.75, 3.05) is 37.1 Å². The molecule has 1 aliphatic rings. The molecular weight excluding hydrogens is 248 g/mol. The van der Waals surface area contributed by atoms with Gasteiger partial charge in [-0.15, -0.1) is 0 Å². The van der Waals surface area contributed by atoms with E-state index in [9.17, 15) is 0 Å². The Morgan fingerprint density at radius 1 is 1.44 bits per heavy atom. The van der Waals surface area contributed by atoms with Gasteiger partial charge in [-0.05, 0) is 26.0 Å². The topological polar surface area (TPSA) is 59.1 Å². The maximum atomic E-state index is 5.75. The van der Waals surface area contributed by atoms with E-state index >= 15 is 0 Å². The number of ether oxygens (including phenoxy) is 1. The largest absolute Gasteiger partial charge is 0.373 e. The lowest BCUT2D eigenvalue weighted by Crippen LogP contribution is -2.32. The molecule has 1 unspecified atom stereocenters. The molecule has 1 aromatic heterocycles. The summed E-state index contributed by atoms with van der Waals surface area (Å²) in [7, 11) is 1.86. The number of nitrogens with zero attached hydrogens (tertiary/aromatic N) is 2. The minimum atomic E-state index is -0.0652. The van der Waals surface area contributed by atoms with Crippen LogP contribution in [0.25, 0.3) is 0 Å². The molecule has 0 aliphatic carbocycles. The molecule has 1 aromatic rings. The van der Waals surface area contributed by atoms with Crippen molar-refractivity contribution in [2.24, 2.45) is 0 Å². The van der Waals surface area contributed by atoms with E-state index in [2.05, 4.69) is 27.5 Å². The zero-order chi connectivity index (χ0) is 13.0. The normalized spacial score (nSPS) is 23.1. The summed E-state index contributed by atoms with van der Waals surface area (Å²) >= 11 is 1.54. The van der Waals surface area contributed by atoms with Crippen LogP contribution >= 0.6 is 11.8 Å². The fourth-order valence-electron chi connectivity index (χ4n) is 1.99. The number of hydrogen-bond donors (Lipinski definition) is 2. The molecule has 0 saturated carbocycles. The smallest absolute Gasteiger partial charge is 0.191 e. The summed E-state index contributed by atoms with van der Waals surface area (Å²) in [6, 6.07) is 1.91. The second kappa shape index (κ2) is 5.75. The van der Waals surface area contributed by atoms with Crippen molar-refractivity contribution >= 4 is 23.4 Å². The predicted molar refractivity (Wildman–Crippen MR) is 75.4 cm³/mol. The van der Waals surface area contributed by atoms with Gasteiger partial charge in [0, 0.05) is 26.3 Å².